The molecule has 4 heterocycles. The fraction of sp³-hybridized carbons (Fsp3) is 0.286. The van der Waals surface area contributed by atoms with Crippen molar-refractivity contribution in [3.8, 4) is 24.3 Å². The van der Waals surface area contributed by atoms with Crippen molar-refractivity contribution in [2.45, 2.75) is 52.0 Å². The zero-order valence-electron chi connectivity index (χ0n) is 19.9. The van der Waals surface area contributed by atoms with E-state index in [1.165, 1.54) is 54.8 Å². The van der Waals surface area contributed by atoms with Gasteiger partial charge in [0.2, 0.25) is 0 Å². The molecule has 0 aliphatic rings. The van der Waals surface area contributed by atoms with Gasteiger partial charge in [0.1, 0.15) is 35.4 Å². The van der Waals surface area contributed by atoms with Gasteiger partial charge in [0, 0.05) is 38.8 Å². The number of hydrogen-bond acceptors (Lipinski definition) is 7. The van der Waals surface area contributed by atoms with Crippen LogP contribution < -0.4 is 9.06 Å². The molecule has 0 aliphatic carbocycles. The molecule has 0 fully saturated rings. The Hall–Kier alpha value is -3.66. The fourth-order valence-corrected chi connectivity index (χ4v) is 7.51. The van der Waals surface area contributed by atoms with Gasteiger partial charge in [-0.2, -0.15) is 21.0 Å². The molecule has 178 valence electrons. The number of aromatic nitrogens is 1. The maximum Gasteiger partial charge on any atom is 0.146 e. The van der Waals surface area contributed by atoms with Crippen LogP contribution in [0.15, 0.2) is 36.7 Å². The first-order chi connectivity index (χ1) is 17.6. The first-order valence-electron chi connectivity index (χ1n) is 11.8. The summed E-state index contributed by atoms with van der Waals surface area (Å²) in [6, 6.07) is 15.6. The van der Waals surface area contributed by atoms with Crippen LogP contribution in [-0.2, 0) is 6.54 Å². The summed E-state index contributed by atoms with van der Waals surface area (Å²) >= 11 is 4.58. The lowest BCUT2D eigenvalue weighted by Crippen LogP contribution is -1.94. The smallest absolute Gasteiger partial charge is 0.146 e. The van der Waals surface area contributed by atoms with Gasteiger partial charge in [0.05, 0.1) is 18.1 Å². The Bertz CT molecular complexity index is 1730. The molecule has 5 nitrogen and oxygen atoms in total. The minimum atomic E-state index is 0.124. The van der Waals surface area contributed by atoms with Gasteiger partial charge in [-0.25, -0.2) is 0 Å². The quantitative estimate of drug-likeness (QED) is 0.270. The molecule has 0 aromatic carbocycles. The summed E-state index contributed by atoms with van der Waals surface area (Å²) < 4.78 is 7.85. The van der Waals surface area contributed by atoms with E-state index in [2.05, 4.69) is 23.9 Å². The third-order valence-corrected chi connectivity index (χ3v) is 9.73. The number of nitriles is 4. The normalized spacial score (nSPS) is 12.5. The number of unbranched alkanes of at least 4 members (excludes halogenated alkanes) is 5. The highest BCUT2D eigenvalue weighted by molar-refractivity contribution is 7.14. The Morgan fingerprint density at radius 3 is 1.61 bits per heavy atom. The SMILES string of the molecule is CCCCCCCCn1cc2/c(=c3\ccc(=C(C#N)C#N)s3)s/c(=c3\ccc(=C(C#N)C#N)s3)c2c1. The van der Waals surface area contributed by atoms with Crippen LogP contribution in [0.5, 0.6) is 0 Å². The van der Waals surface area contributed by atoms with Crippen LogP contribution in [-0.4, -0.2) is 4.57 Å². The summed E-state index contributed by atoms with van der Waals surface area (Å²) in [6.45, 7) is 3.19. The third kappa shape index (κ3) is 5.28. The number of nitrogens with zero attached hydrogens (tertiary/aromatic N) is 5. The summed E-state index contributed by atoms with van der Waals surface area (Å²) in [6.07, 6.45) is 11.9. The number of hydrogen-bond donors (Lipinski definition) is 0. The van der Waals surface area contributed by atoms with Gasteiger partial charge >= 0.3 is 0 Å². The van der Waals surface area contributed by atoms with Gasteiger partial charge in [-0.3, -0.25) is 0 Å². The first kappa shape index (κ1) is 25.4. The second kappa shape index (κ2) is 11.9. The van der Waals surface area contributed by atoms with E-state index in [0.717, 1.165) is 41.9 Å². The number of thiophene rings is 3. The maximum atomic E-state index is 9.28. The molecular formula is C28H23N5S3. The van der Waals surface area contributed by atoms with E-state index in [1.54, 1.807) is 11.3 Å². The zero-order valence-corrected chi connectivity index (χ0v) is 22.3. The van der Waals surface area contributed by atoms with E-state index in [4.69, 9.17) is 0 Å². The summed E-state index contributed by atoms with van der Waals surface area (Å²) in [5.41, 5.74) is 0.248. The molecule has 0 bridgehead atoms. The molecule has 4 aromatic rings. The number of rotatable bonds is 7. The highest BCUT2D eigenvalue weighted by Gasteiger charge is 2.09. The molecule has 0 saturated carbocycles. The molecule has 0 unspecified atom stereocenters. The highest BCUT2D eigenvalue weighted by Crippen LogP contribution is 2.28. The summed E-state index contributed by atoms with van der Waals surface area (Å²) in [5, 5.41) is 39.4. The van der Waals surface area contributed by atoms with Crippen molar-refractivity contribution in [2.24, 2.45) is 0 Å². The predicted molar refractivity (Wildman–Crippen MR) is 146 cm³/mol. The molecular weight excluding hydrogens is 503 g/mol. The fourth-order valence-electron chi connectivity index (χ4n) is 4.11. The van der Waals surface area contributed by atoms with Crippen LogP contribution in [0.2, 0.25) is 0 Å². The number of fused-ring (bicyclic) bond motifs is 1. The maximum absolute atomic E-state index is 9.28. The second-order valence-electron chi connectivity index (χ2n) is 8.38. The molecule has 0 saturated heterocycles. The summed E-state index contributed by atoms with van der Waals surface area (Å²) in [5.74, 6) is 0. The lowest BCUT2D eigenvalue weighted by Gasteiger charge is -2.02. The lowest BCUT2D eigenvalue weighted by atomic mass is 10.1. The van der Waals surface area contributed by atoms with E-state index in [0.29, 0.717) is 9.06 Å². The average Bonchev–Trinajstić information content (AvgIpc) is 3.67. The molecule has 0 radical (unpaired) electrons. The molecule has 0 N–H and O–H groups in total. The Morgan fingerprint density at radius 2 is 1.14 bits per heavy atom. The van der Waals surface area contributed by atoms with Crippen LogP contribution in [0.25, 0.3) is 21.9 Å². The van der Waals surface area contributed by atoms with Crippen molar-refractivity contribution in [1.82, 2.24) is 4.57 Å². The van der Waals surface area contributed by atoms with Crippen LogP contribution in [0.3, 0.4) is 0 Å². The first-order valence-corrected chi connectivity index (χ1v) is 14.3. The minimum absolute atomic E-state index is 0.124. The summed E-state index contributed by atoms with van der Waals surface area (Å²) in [4.78, 5) is 0. The standard InChI is InChI=1S/C28H23N5S3/c1-2-3-4-5-6-7-12-33-17-21-22(18-33)28(26-11-9-24(35-26)20(15-31)16-32)36-27(21)25-10-8-23(34-25)19(13-29)14-30/h8-11,17-18H,2-7,12H2,1H3/b27-25-,28-26+. The summed E-state index contributed by atoms with van der Waals surface area (Å²) in [7, 11) is 0. The van der Waals surface area contributed by atoms with Gasteiger partial charge in [-0.1, -0.05) is 39.0 Å². The molecule has 4 aromatic heterocycles. The molecule has 4 rings (SSSR count). The Balaban J connectivity index is 1.94. The van der Waals surface area contributed by atoms with Gasteiger partial charge in [-0.05, 0) is 30.7 Å². The molecule has 0 spiro atoms. The van der Waals surface area contributed by atoms with Gasteiger partial charge < -0.3 is 4.57 Å². The Morgan fingerprint density at radius 1 is 0.667 bits per heavy atom. The van der Waals surface area contributed by atoms with Crippen molar-refractivity contribution in [3.63, 3.8) is 0 Å². The van der Waals surface area contributed by atoms with E-state index < -0.39 is 0 Å². The van der Waals surface area contributed by atoms with Crippen molar-refractivity contribution in [3.05, 3.63) is 63.9 Å². The third-order valence-electron chi connectivity index (χ3n) is 5.94. The van der Waals surface area contributed by atoms with Crippen molar-refractivity contribution >= 4 is 55.9 Å². The zero-order chi connectivity index (χ0) is 25.5. The average molecular weight is 526 g/mol. The van der Waals surface area contributed by atoms with Gasteiger partial charge in [-0.15, -0.1) is 34.0 Å². The highest BCUT2D eigenvalue weighted by atomic mass is 32.1. The van der Waals surface area contributed by atoms with Gasteiger partial charge in [0.25, 0.3) is 0 Å². The van der Waals surface area contributed by atoms with Crippen molar-refractivity contribution in [2.75, 3.05) is 0 Å². The van der Waals surface area contributed by atoms with Crippen molar-refractivity contribution in [1.29, 1.82) is 21.0 Å². The monoisotopic (exact) mass is 525 g/mol. The van der Waals surface area contributed by atoms with E-state index in [-0.39, 0.29) is 11.1 Å². The van der Waals surface area contributed by atoms with Crippen LogP contribution >= 0.6 is 34.0 Å². The topological polar surface area (TPSA) is 100 Å². The Labute approximate surface area is 220 Å². The molecule has 36 heavy (non-hydrogen) atoms. The molecule has 0 amide bonds. The second-order valence-corrected chi connectivity index (χ2v) is 11.6. The van der Waals surface area contributed by atoms with Crippen LogP contribution in [0, 0.1) is 63.5 Å². The van der Waals surface area contributed by atoms with E-state index in [1.807, 2.05) is 48.5 Å². The van der Waals surface area contributed by atoms with E-state index >= 15 is 0 Å². The number of aryl methyl sites for hydroxylation is 1. The Kier molecular flexibility index (Phi) is 8.37. The van der Waals surface area contributed by atoms with E-state index in [9.17, 15) is 21.0 Å². The van der Waals surface area contributed by atoms with Crippen molar-refractivity contribution < 1.29 is 0 Å². The lowest BCUT2D eigenvalue weighted by molar-refractivity contribution is 0.560. The molecule has 8 heteroatoms. The largest absolute Gasteiger partial charge is 0.353 e. The van der Waals surface area contributed by atoms with Gasteiger partial charge in [0.15, 0.2) is 0 Å². The van der Waals surface area contributed by atoms with Crippen LogP contribution in [0.4, 0.5) is 0 Å². The predicted octanol–water partition coefficient (Wildman–Crippen LogP) is 6.16. The molecule has 0 atom stereocenters. The van der Waals surface area contributed by atoms with Crippen LogP contribution in [0.1, 0.15) is 45.4 Å². The minimum Gasteiger partial charge on any atom is -0.353 e. The molecule has 0 aliphatic heterocycles.